The van der Waals surface area contributed by atoms with Crippen LogP contribution >= 0.6 is 0 Å². The van der Waals surface area contributed by atoms with Gasteiger partial charge in [-0.05, 0) is 4.89 Å². The van der Waals surface area contributed by atoms with Gasteiger partial charge in [0.15, 0.2) is 12.2 Å². The zero-order valence-electron chi connectivity index (χ0n) is 6.10. The maximum atomic E-state index is 9.32. The highest BCUT2D eigenvalue weighted by molar-refractivity contribution is 4.95. The maximum absolute atomic E-state index is 9.32. The number of rotatable bonds is 0. The van der Waals surface area contributed by atoms with E-state index in [2.05, 4.69) is 4.52 Å². The molecule has 0 aliphatic carbocycles. The summed E-state index contributed by atoms with van der Waals surface area (Å²) >= 11 is 0. The van der Waals surface area contributed by atoms with Gasteiger partial charge in [0.25, 0.3) is 0 Å². The van der Waals surface area contributed by atoms with E-state index in [9.17, 15) is 10.2 Å². The number of fused-ring (bicyclic) bond motifs is 1. The monoisotopic (exact) mass is 163 g/mol. The van der Waals surface area contributed by atoms with E-state index in [0.29, 0.717) is 0 Å². The Labute approximate surface area is 63.4 Å². The van der Waals surface area contributed by atoms with Crippen LogP contribution in [0.1, 0.15) is 6.92 Å². The second-order valence-electron chi connectivity index (χ2n) is 3.11. The van der Waals surface area contributed by atoms with Crippen molar-refractivity contribution in [2.75, 3.05) is 6.61 Å². The van der Waals surface area contributed by atoms with Gasteiger partial charge in [0, 0.05) is 0 Å². The second kappa shape index (κ2) is 1.94. The van der Waals surface area contributed by atoms with Crippen molar-refractivity contribution in [3.8, 4) is 0 Å². The Morgan fingerprint density at radius 2 is 2.09 bits per heavy atom. The number of aliphatic hydroxyl groups excluding tert-OH is 3. The van der Waals surface area contributed by atoms with Crippen molar-refractivity contribution in [3.05, 3.63) is 0 Å². The lowest BCUT2D eigenvalue weighted by Gasteiger charge is -2.23. The summed E-state index contributed by atoms with van der Waals surface area (Å²) in [7, 11) is 0. The molecule has 2 saturated heterocycles. The zero-order valence-corrected chi connectivity index (χ0v) is 6.10. The average Bonchev–Trinajstić information content (AvgIpc) is 2.59. The largest absolute Gasteiger partial charge is 0.404 e. The SMILES string of the molecule is C[C@]12O[O+]1C[C@@H](O)[C@H](O)[C@@H]2O. The third-order valence-corrected chi connectivity index (χ3v) is 2.27. The summed E-state index contributed by atoms with van der Waals surface area (Å²) < 4.78 is 2.24. The minimum absolute atomic E-state index is 0.175. The second-order valence-corrected chi connectivity index (χ2v) is 3.11. The molecule has 4 atom stereocenters. The molecule has 0 amide bonds. The Kier molecular flexibility index (Phi) is 1.31. The van der Waals surface area contributed by atoms with Crippen molar-refractivity contribution in [1.29, 1.82) is 0 Å². The molecule has 5 heteroatoms. The molecule has 0 unspecified atom stereocenters. The van der Waals surface area contributed by atoms with Gasteiger partial charge in [0.2, 0.25) is 6.61 Å². The molecule has 0 bridgehead atoms. The van der Waals surface area contributed by atoms with E-state index in [1.165, 1.54) is 0 Å². The van der Waals surface area contributed by atoms with Gasteiger partial charge in [-0.2, -0.15) is 4.52 Å². The van der Waals surface area contributed by atoms with Crippen LogP contribution in [0.5, 0.6) is 0 Å². The lowest BCUT2D eigenvalue weighted by molar-refractivity contribution is -0.231. The lowest BCUT2D eigenvalue weighted by atomic mass is 10.00. The molecular weight excluding hydrogens is 152 g/mol. The van der Waals surface area contributed by atoms with Gasteiger partial charge >= 0.3 is 5.79 Å². The molecule has 2 aliphatic rings. The third kappa shape index (κ3) is 0.830. The molecule has 2 aliphatic heterocycles. The van der Waals surface area contributed by atoms with Crippen LogP contribution in [0.3, 0.4) is 0 Å². The van der Waals surface area contributed by atoms with E-state index in [0.717, 1.165) is 0 Å². The van der Waals surface area contributed by atoms with Gasteiger partial charge in [-0.25, -0.2) is 0 Å². The molecule has 5 nitrogen and oxygen atoms in total. The first-order chi connectivity index (χ1) is 5.05. The summed E-state index contributed by atoms with van der Waals surface area (Å²) in [5, 5.41) is 27.6. The van der Waals surface area contributed by atoms with Crippen molar-refractivity contribution >= 4 is 0 Å². The van der Waals surface area contributed by atoms with Crippen LogP contribution in [0.25, 0.3) is 0 Å². The molecule has 64 valence electrons. The van der Waals surface area contributed by atoms with Gasteiger partial charge in [-0.15, -0.1) is 0 Å². The predicted octanol–water partition coefficient (Wildman–Crippen LogP) is -1.70. The summed E-state index contributed by atoms with van der Waals surface area (Å²) in [6.07, 6.45) is -3.13. The molecule has 0 saturated carbocycles. The third-order valence-electron chi connectivity index (χ3n) is 2.27. The minimum atomic E-state index is -1.12. The van der Waals surface area contributed by atoms with Crippen molar-refractivity contribution in [3.63, 3.8) is 0 Å². The van der Waals surface area contributed by atoms with Gasteiger partial charge in [-0.3, -0.25) is 0 Å². The number of hydrogen-bond acceptors (Lipinski definition) is 4. The number of aliphatic hydroxyl groups is 3. The highest BCUT2D eigenvalue weighted by atomic mass is 17.5. The molecule has 2 fully saturated rings. The van der Waals surface area contributed by atoms with Crippen LogP contribution in [-0.4, -0.2) is 46.0 Å². The van der Waals surface area contributed by atoms with Gasteiger partial charge in [0.05, 0.1) is 6.92 Å². The minimum Gasteiger partial charge on any atom is -0.387 e. The standard InChI is InChI=1S/C6H11O5/c1-6-5(9)4(8)3(7)2-11(6)10-6/h3-5,7-9H,2H2,1H3/q+1/t3-,4+,5+,6+/m1/s1. The van der Waals surface area contributed by atoms with Crippen molar-refractivity contribution in [2.45, 2.75) is 31.0 Å². The van der Waals surface area contributed by atoms with Gasteiger partial charge in [0.1, 0.15) is 6.10 Å². The van der Waals surface area contributed by atoms with Crippen molar-refractivity contribution in [1.82, 2.24) is 0 Å². The van der Waals surface area contributed by atoms with E-state index in [1.807, 2.05) is 0 Å². The average molecular weight is 163 g/mol. The van der Waals surface area contributed by atoms with Crippen LogP contribution in [0.15, 0.2) is 0 Å². The summed E-state index contributed by atoms with van der Waals surface area (Å²) in [5.74, 6) is -0.849. The van der Waals surface area contributed by atoms with Crippen LogP contribution in [0.4, 0.5) is 0 Å². The van der Waals surface area contributed by atoms with E-state index < -0.39 is 24.1 Å². The van der Waals surface area contributed by atoms with E-state index in [4.69, 9.17) is 9.99 Å². The fourth-order valence-corrected chi connectivity index (χ4v) is 1.34. The quantitative estimate of drug-likeness (QED) is 0.226. The molecule has 0 aromatic rings. The lowest BCUT2D eigenvalue weighted by Crippen LogP contribution is -2.52. The van der Waals surface area contributed by atoms with E-state index in [1.54, 1.807) is 6.92 Å². The Morgan fingerprint density at radius 3 is 2.73 bits per heavy atom. The predicted molar refractivity (Wildman–Crippen MR) is 33.5 cm³/mol. The molecule has 0 aromatic heterocycles. The molecule has 0 radical (unpaired) electrons. The molecule has 3 N–H and O–H groups in total. The topological polar surface area (TPSA) is 75.9 Å². The van der Waals surface area contributed by atoms with Crippen LogP contribution in [0, 0.1) is 0 Å². The molecule has 2 heterocycles. The molecule has 0 aromatic carbocycles. The Balaban J connectivity index is 2.16. The van der Waals surface area contributed by atoms with Crippen LogP contribution in [0.2, 0.25) is 0 Å². The summed E-state index contributed by atoms with van der Waals surface area (Å²) in [5.41, 5.74) is 0. The molecule has 0 spiro atoms. The van der Waals surface area contributed by atoms with Crippen LogP contribution in [-0.2, 0) is 9.41 Å². The Morgan fingerprint density at radius 1 is 1.45 bits per heavy atom. The van der Waals surface area contributed by atoms with Gasteiger partial charge < -0.3 is 15.3 Å². The highest BCUT2D eigenvalue weighted by Gasteiger charge is 2.75. The fraction of sp³-hybridized carbons (Fsp3) is 1.00. The summed E-state index contributed by atoms with van der Waals surface area (Å²) in [6.45, 7) is 1.81. The first kappa shape index (κ1) is 7.45. The Hall–Kier alpha value is -0.200. The summed E-state index contributed by atoms with van der Waals surface area (Å²) in [4.78, 5) is 4.90. The molecule has 2 rings (SSSR count). The smallest absolute Gasteiger partial charge is 0.387 e. The van der Waals surface area contributed by atoms with E-state index >= 15 is 0 Å². The van der Waals surface area contributed by atoms with Crippen molar-refractivity contribution in [2.24, 2.45) is 0 Å². The van der Waals surface area contributed by atoms with Gasteiger partial charge in [-0.1, -0.05) is 0 Å². The molecular formula is C6H11O5+. The number of hydrogen-bond donors (Lipinski definition) is 3. The first-order valence-electron chi connectivity index (χ1n) is 3.50. The fourth-order valence-electron chi connectivity index (χ4n) is 1.34. The maximum Gasteiger partial charge on any atom is 0.404 e. The summed E-state index contributed by atoms with van der Waals surface area (Å²) in [6, 6.07) is 0. The van der Waals surface area contributed by atoms with Crippen molar-refractivity contribution < 1.29 is 24.7 Å². The first-order valence-corrected chi connectivity index (χ1v) is 3.50. The van der Waals surface area contributed by atoms with Crippen LogP contribution < -0.4 is 0 Å². The highest BCUT2D eigenvalue weighted by Crippen LogP contribution is 2.47. The molecule has 11 heavy (non-hydrogen) atoms. The normalized spacial score (nSPS) is 57.3. The Bertz CT molecular complexity index is 184. The zero-order chi connectivity index (χ0) is 8.22. The van der Waals surface area contributed by atoms with E-state index in [-0.39, 0.29) is 6.61 Å².